The van der Waals surface area contributed by atoms with Gasteiger partial charge in [0.1, 0.15) is 0 Å². The molecule has 0 spiro atoms. The van der Waals surface area contributed by atoms with Crippen LogP contribution in [0.2, 0.25) is 0 Å². The van der Waals surface area contributed by atoms with Crippen LogP contribution >= 0.6 is 0 Å². The number of amides is 1. The van der Waals surface area contributed by atoms with E-state index in [-0.39, 0.29) is 18.2 Å². The monoisotopic (exact) mass is 394 g/mol. The minimum atomic E-state index is -0.577. The topological polar surface area (TPSA) is 115 Å². The van der Waals surface area contributed by atoms with Crippen molar-refractivity contribution in [3.05, 3.63) is 48.3 Å². The number of hydrogen-bond donors (Lipinski definition) is 2. The zero-order valence-electron chi connectivity index (χ0n) is 16.1. The van der Waals surface area contributed by atoms with Gasteiger partial charge in [0.05, 0.1) is 30.6 Å². The van der Waals surface area contributed by atoms with Crippen molar-refractivity contribution in [3.8, 4) is 23.1 Å². The van der Waals surface area contributed by atoms with Crippen LogP contribution in [-0.4, -0.2) is 55.2 Å². The lowest BCUT2D eigenvalue weighted by molar-refractivity contribution is 0.0833. The van der Waals surface area contributed by atoms with Gasteiger partial charge in [-0.05, 0) is 37.1 Å². The number of nitrogens with zero attached hydrogens (tertiary/aromatic N) is 5. The Morgan fingerprint density at radius 2 is 2.07 bits per heavy atom. The molecule has 1 saturated carbocycles. The number of aromatic nitrogens is 5. The first-order valence-electron chi connectivity index (χ1n) is 9.47. The molecule has 3 aromatic rings. The summed E-state index contributed by atoms with van der Waals surface area (Å²) in [5, 5.41) is 25.4. The van der Waals surface area contributed by atoms with Crippen LogP contribution in [0.25, 0.3) is 17.2 Å². The molecule has 4 rings (SSSR count). The molecule has 9 heteroatoms. The van der Waals surface area contributed by atoms with E-state index in [9.17, 15) is 9.90 Å². The summed E-state index contributed by atoms with van der Waals surface area (Å²) >= 11 is 0. The Morgan fingerprint density at radius 3 is 2.69 bits per heavy atom. The van der Waals surface area contributed by atoms with Crippen molar-refractivity contribution in [1.29, 1.82) is 0 Å². The summed E-state index contributed by atoms with van der Waals surface area (Å²) in [5.41, 5.74) is 0.906. The molecule has 29 heavy (non-hydrogen) atoms. The number of carbonyl (C=O) groups is 1. The molecule has 3 aromatic heterocycles. The van der Waals surface area contributed by atoms with E-state index in [1.807, 2.05) is 18.2 Å². The number of hydrogen-bond acceptors (Lipinski definition) is 7. The van der Waals surface area contributed by atoms with E-state index >= 15 is 0 Å². The highest BCUT2D eigenvalue weighted by Crippen LogP contribution is 2.30. The summed E-state index contributed by atoms with van der Waals surface area (Å²) in [4.78, 5) is 17.3. The van der Waals surface area contributed by atoms with Crippen molar-refractivity contribution in [2.75, 3.05) is 13.7 Å². The molecule has 0 radical (unpaired) electrons. The molecule has 150 valence electrons. The Bertz CT molecular complexity index is 981. The summed E-state index contributed by atoms with van der Waals surface area (Å²) in [6, 6.07) is 10.6. The average molecular weight is 394 g/mol. The fourth-order valence-corrected chi connectivity index (χ4v) is 3.58. The van der Waals surface area contributed by atoms with Gasteiger partial charge in [-0.15, -0.1) is 10.2 Å². The Balaban J connectivity index is 1.72. The number of rotatable bonds is 6. The van der Waals surface area contributed by atoms with E-state index < -0.39 is 5.54 Å². The first kappa shape index (κ1) is 19.0. The van der Waals surface area contributed by atoms with Crippen LogP contribution in [0.3, 0.4) is 0 Å². The minimum Gasteiger partial charge on any atom is -0.480 e. The van der Waals surface area contributed by atoms with Crippen molar-refractivity contribution < 1.29 is 14.6 Å². The highest BCUT2D eigenvalue weighted by Gasteiger charge is 2.35. The quantitative estimate of drug-likeness (QED) is 0.655. The fraction of sp³-hybridized carbons (Fsp3) is 0.350. The number of ether oxygens (including phenoxy) is 1. The second-order valence-electron chi connectivity index (χ2n) is 7.08. The molecule has 2 N–H and O–H groups in total. The summed E-state index contributed by atoms with van der Waals surface area (Å²) in [7, 11) is 1.51. The number of aliphatic hydroxyl groups excluding tert-OH is 1. The maximum absolute atomic E-state index is 12.9. The van der Waals surface area contributed by atoms with Crippen LogP contribution in [-0.2, 0) is 0 Å². The summed E-state index contributed by atoms with van der Waals surface area (Å²) < 4.78 is 6.59. The molecule has 0 saturated heterocycles. The molecule has 1 fully saturated rings. The van der Waals surface area contributed by atoms with Crippen molar-refractivity contribution in [2.24, 2.45) is 0 Å². The van der Waals surface area contributed by atoms with E-state index in [0.29, 0.717) is 23.1 Å². The van der Waals surface area contributed by atoms with E-state index in [4.69, 9.17) is 4.74 Å². The van der Waals surface area contributed by atoms with Gasteiger partial charge in [-0.25, -0.2) is 4.68 Å². The highest BCUT2D eigenvalue weighted by molar-refractivity contribution is 5.94. The van der Waals surface area contributed by atoms with Gasteiger partial charge in [0.2, 0.25) is 5.88 Å². The SMILES string of the molecule is COc1ccc(-n2nc(C(=O)NC3(CO)CCCC3)cc2-c2ccccn2)nn1. The van der Waals surface area contributed by atoms with Crippen molar-refractivity contribution >= 4 is 5.91 Å². The third kappa shape index (κ3) is 3.81. The molecule has 1 aliphatic carbocycles. The van der Waals surface area contributed by atoms with Crippen LogP contribution in [0, 0.1) is 0 Å². The molecule has 0 aliphatic heterocycles. The molecule has 3 heterocycles. The standard InChI is InChI=1S/C20H22N6O3/c1-29-18-8-7-17(23-24-18)26-16(14-6-2-5-11-21-14)12-15(25-26)19(28)22-20(13-27)9-3-4-10-20/h2,5-8,11-12,27H,3-4,9-10,13H2,1H3,(H,22,28). The van der Waals surface area contributed by atoms with E-state index in [1.54, 1.807) is 24.4 Å². The van der Waals surface area contributed by atoms with Crippen LogP contribution in [0.4, 0.5) is 0 Å². The summed E-state index contributed by atoms with van der Waals surface area (Å²) in [6.45, 7) is -0.0868. The number of nitrogens with one attached hydrogen (secondary N) is 1. The molecular formula is C20H22N6O3. The number of aliphatic hydroxyl groups is 1. The molecule has 9 nitrogen and oxygen atoms in total. The van der Waals surface area contributed by atoms with Crippen molar-refractivity contribution in [2.45, 2.75) is 31.2 Å². The average Bonchev–Trinajstić information content (AvgIpc) is 3.42. The number of pyridine rings is 1. The Kier molecular flexibility index (Phi) is 5.22. The highest BCUT2D eigenvalue weighted by atomic mass is 16.5. The number of methoxy groups -OCH3 is 1. The normalized spacial score (nSPS) is 15.2. The van der Waals surface area contributed by atoms with Crippen molar-refractivity contribution in [3.63, 3.8) is 0 Å². The third-order valence-electron chi connectivity index (χ3n) is 5.16. The Hall–Kier alpha value is -3.33. The Labute approximate surface area is 167 Å². The van der Waals surface area contributed by atoms with E-state index in [1.165, 1.54) is 11.8 Å². The molecule has 0 bridgehead atoms. The van der Waals surface area contributed by atoms with Crippen LogP contribution < -0.4 is 10.1 Å². The van der Waals surface area contributed by atoms with Crippen molar-refractivity contribution in [1.82, 2.24) is 30.3 Å². The molecule has 0 atom stereocenters. The maximum Gasteiger partial charge on any atom is 0.272 e. The van der Waals surface area contributed by atoms with Gasteiger partial charge in [0, 0.05) is 12.3 Å². The lowest BCUT2D eigenvalue weighted by atomic mass is 9.99. The van der Waals surface area contributed by atoms with Gasteiger partial charge in [-0.1, -0.05) is 18.9 Å². The first-order chi connectivity index (χ1) is 14.1. The van der Waals surface area contributed by atoms with Gasteiger partial charge >= 0.3 is 0 Å². The molecule has 0 unspecified atom stereocenters. The van der Waals surface area contributed by atoms with E-state index in [2.05, 4.69) is 25.6 Å². The molecule has 0 aromatic carbocycles. The van der Waals surface area contributed by atoms with Crippen LogP contribution in [0.15, 0.2) is 42.6 Å². The van der Waals surface area contributed by atoms with Gasteiger partial charge in [0.25, 0.3) is 5.91 Å². The van der Waals surface area contributed by atoms with Gasteiger partial charge in [0.15, 0.2) is 11.5 Å². The van der Waals surface area contributed by atoms with Gasteiger partial charge in [-0.2, -0.15) is 5.10 Å². The second kappa shape index (κ2) is 7.96. The first-order valence-corrected chi connectivity index (χ1v) is 9.47. The maximum atomic E-state index is 12.9. The van der Waals surface area contributed by atoms with Crippen LogP contribution in [0.1, 0.15) is 36.2 Å². The lowest BCUT2D eigenvalue weighted by Crippen LogP contribution is -2.49. The van der Waals surface area contributed by atoms with E-state index in [0.717, 1.165) is 25.7 Å². The predicted molar refractivity (Wildman–Crippen MR) is 105 cm³/mol. The second-order valence-corrected chi connectivity index (χ2v) is 7.08. The molecule has 1 amide bonds. The van der Waals surface area contributed by atoms with Gasteiger partial charge in [-0.3, -0.25) is 9.78 Å². The zero-order valence-corrected chi connectivity index (χ0v) is 16.1. The van der Waals surface area contributed by atoms with Crippen LogP contribution in [0.5, 0.6) is 5.88 Å². The van der Waals surface area contributed by atoms with Gasteiger partial charge < -0.3 is 15.2 Å². The molecule has 1 aliphatic rings. The fourth-order valence-electron chi connectivity index (χ4n) is 3.58. The molecular weight excluding hydrogens is 372 g/mol. The predicted octanol–water partition coefficient (Wildman–Crippen LogP) is 1.77. The smallest absolute Gasteiger partial charge is 0.272 e. The number of carbonyl (C=O) groups excluding carboxylic acids is 1. The zero-order chi connectivity index (χ0) is 20.3. The summed E-state index contributed by atoms with van der Waals surface area (Å²) in [5.74, 6) is 0.478. The summed E-state index contributed by atoms with van der Waals surface area (Å²) in [6.07, 6.45) is 5.15. The lowest BCUT2D eigenvalue weighted by Gasteiger charge is -2.27. The minimum absolute atomic E-state index is 0.0868. The Morgan fingerprint density at radius 1 is 1.24 bits per heavy atom. The largest absolute Gasteiger partial charge is 0.480 e. The third-order valence-corrected chi connectivity index (χ3v) is 5.16.